The van der Waals surface area contributed by atoms with Gasteiger partial charge >= 0.3 is 0 Å². The van der Waals surface area contributed by atoms with Crippen molar-refractivity contribution in [1.29, 1.82) is 0 Å². The monoisotopic (exact) mass is 349 g/mol. The van der Waals surface area contributed by atoms with Crippen LogP contribution in [-0.4, -0.2) is 27.1 Å². The largest absolute Gasteiger partial charge is 0.372 e. The number of nitrogens with one attached hydrogen (secondary N) is 1. The Morgan fingerprint density at radius 1 is 1.08 bits per heavy atom. The summed E-state index contributed by atoms with van der Waals surface area (Å²) in [5, 5.41) is 14.3. The first-order valence-corrected chi connectivity index (χ1v) is 8.63. The number of aromatic nitrogens is 2. The van der Waals surface area contributed by atoms with Crippen LogP contribution in [0.4, 0.5) is 0 Å². The highest BCUT2D eigenvalue weighted by molar-refractivity contribution is 5.90. The highest BCUT2D eigenvalue weighted by atomic mass is 16.3. The number of nitrogens with zero attached hydrogens (tertiary/aromatic N) is 2. The molecular formula is C21H23N3O2. The van der Waals surface area contributed by atoms with Gasteiger partial charge in [0.05, 0.1) is 0 Å². The van der Waals surface area contributed by atoms with Crippen LogP contribution in [0.2, 0.25) is 0 Å². The van der Waals surface area contributed by atoms with Gasteiger partial charge in [-0.05, 0) is 25.0 Å². The Morgan fingerprint density at radius 2 is 1.73 bits per heavy atom. The van der Waals surface area contributed by atoms with E-state index >= 15 is 0 Å². The summed E-state index contributed by atoms with van der Waals surface area (Å²) in [5.74, 6) is 0.446. The number of hydrogen-bond acceptors (Lipinski definition) is 3. The molecule has 0 saturated heterocycles. The Balaban J connectivity index is 1.84. The molecule has 5 heteroatoms. The van der Waals surface area contributed by atoms with Crippen molar-refractivity contribution in [1.82, 2.24) is 14.9 Å². The van der Waals surface area contributed by atoms with Crippen LogP contribution in [0.25, 0.3) is 0 Å². The zero-order valence-corrected chi connectivity index (χ0v) is 15.0. The molecule has 1 unspecified atom stereocenters. The van der Waals surface area contributed by atoms with Crippen LogP contribution in [0.15, 0.2) is 67.0 Å². The smallest absolute Gasteiger partial charge is 0.261 e. The van der Waals surface area contributed by atoms with E-state index < -0.39 is 11.5 Å². The molecule has 0 saturated carbocycles. The van der Waals surface area contributed by atoms with E-state index in [9.17, 15) is 9.90 Å². The third-order valence-electron chi connectivity index (χ3n) is 4.55. The maximum absolute atomic E-state index is 13.0. The second-order valence-corrected chi connectivity index (χ2v) is 6.37. The number of amides is 1. The fourth-order valence-corrected chi connectivity index (χ4v) is 2.96. The zero-order chi connectivity index (χ0) is 18.6. The van der Waals surface area contributed by atoms with Crippen LogP contribution in [0.1, 0.15) is 22.5 Å². The Hall–Kier alpha value is -2.92. The highest BCUT2D eigenvalue weighted by Gasteiger charge is 2.39. The first-order chi connectivity index (χ1) is 12.5. The second-order valence-electron chi connectivity index (χ2n) is 6.37. The molecule has 0 aliphatic heterocycles. The van der Waals surface area contributed by atoms with Crippen molar-refractivity contribution in [3.05, 3.63) is 89.5 Å². The third kappa shape index (κ3) is 3.53. The summed E-state index contributed by atoms with van der Waals surface area (Å²) >= 11 is 0. The molecule has 0 radical (unpaired) electrons. The van der Waals surface area contributed by atoms with Crippen molar-refractivity contribution in [2.45, 2.75) is 26.0 Å². The molecule has 1 heterocycles. The van der Waals surface area contributed by atoms with Gasteiger partial charge < -0.3 is 15.0 Å². The average Bonchev–Trinajstić information content (AvgIpc) is 3.07. The Morgan fingerprint density at radius 3 is 2.35 bits per heavy atom. The van der Waals surface area contributed by atoms with E-state index in [0.29, 0.717) is 24.2 Å². The Kier molecular flexibility index (Phi) is 5.19. The molecule has 0 spiro atoms. The van der Waals surface area contributed by atoms with E-state index in [4.69, 9.17) is 0 Å². The molecule has 2 aromatic carbocycles. The van der Waals surface area contributed by atoms with Crippen molar-refractivity contribution in [2.24, 2.45) is 0 Å². The molecule has 0 bridgehead atoms. The quantitative estimate of drug-likeness (QED) is 0.719. The van der Waals surface area contributed by atoms with Gasteiger partial charge in [-0.25, -0.2) is 4.98 Å². The van der Waals surface area contributed by atoms with Gasteiger partial charge in [-0.3, -0.25) is 4.79 Å². The number of carbonyl (C=O) groups excluding carboxylic acids is 1. The second kappa shape index (κ2) is 7.54. The fourth-order valence-electron chi connectivity index (χ4n) is 2.96. The van der Waals surface area contributed by atoms with Gasteiger partial charge in [-0.1, -0.05) is 60.2 Å². The lowest BCUT2D eigenvalue weighted by Crippen LogP contribution is -2.46. The van der Waals surface area contributed by atoms with E-state index in [0.717, 1.165) is 11.4 Å². The van der Waals surface area contributed by atoms with Crippen molar-refractivity contribution in [3.8, 4) is 0 Å². The van der Waals surface area contributed by atoms with Gasteiger partial charge in [-0.15, -0.1) is 0 Å². The maximum atomic E-state index is 13.0. The molecule has 26 heavy (non-hydrogen) atoms. The first-order valence-electron chi connectivity index (χ1n) is 8.63. The minimum Gasteiger partial charge on any atom is -0.372 e. The molecule has 1 amide bonds. The summed E-state index contributed by atoms with van der Waals surface area (Å²) < 4.78 is 1.95. The van der Waals surface area contributed by atoms with Crippen LogP contribution >= 0.6 is 0 Å². The minimum absolute atomic E-state index is 0.400. The predicted octanol–water partition coefficient (Wildman–Crippen LogP) is 2.55. The highest BCUT2D eigenvalue weighted by Crippen LogP contribution is 2.30. The molecular weight excluding hydrogens is 326 g/mol. The van der Waals surface area contributed by atoms with Crippen LogP contribution in [0.3, 0.4) is 0 Å². The van der Waals surface area contributed by atoms with Crippen LogP contribution in [0.5, 0.6) is 0 Å². The number of benzene rings is 2. The number of hydrogen-bond donors (Lipinski definition) is 2. The number of aliphatic hydroxyl groups is 1. The lowest BCUT2D eigenvalue weighted by atomic mass is 9.85. The number of imidazole rings is 1. The molecule has 0 aliphatic rings. The SMILES string of the molecule is Cc1ccc(C(O)(C(=O)NCCn2ccnc2C)c2ccccc2)cc1. The van der Waals surface area contributed by atoms with E-state index in [1.54, 1.807) is 30.5 Å². The lowest BCUT2D eigenvalue weighted by Gasteiger charge is -2.28. The summed E-state index contributed by atoms with van der Waals surface area (Å²) in [4.78, 5) is 17.1. The Bertz CT molecular complexity index is 872. The first kappa shape index (κ1) is 17.9. The molecule has 1 atom stereocenters. The standard InChI is InChI=1S/C21H23N3O2/c1-16-8-10-19(11-9-16)21(26,18-6-4-3-5-7-18)20(25)23-13-15-24-14-12-22-17(24)2/h3-12,14,26H,13,15H2,1-2H3,(H,23,25). The van der Waals surface area contributed by atoms with Crippen LogP contribution < -0.4 is 5.32 Å². The molecule has 3 rings (SSSR count). The van der Waals surface area contributed by atoms with Crippen molar-refractivity contribution in [3.63, 3.8) is 0 Å². The zero-order valence-electron chi connectivity index (χ0n) is 15.0. The van der Waals surface area contributed by atoms with Crippen molar-refractivity contribution < 1.29 is 9.90 Å². The van der Waals surface area contributed by atoms with Gasteiger partial charge in [0.15, 0.2) is 5.60 Å². The van der Waals surface area contributed by atoms with Crippen molar-refractivity contribution >= 4 is 5.91 Å². The lowest BCUT2D eigenvalue weighted by molar-refractivity contribution is -0.136. The predicted molar refractivity (Wildman–Crippen MR) is 101 cm³/mol. The van der Waals surface area contributed by atoms with E-state index in [2.05, 4.69) is 10.3 Å². The average molecular weight is 349 g/mol. The van der Waals surface area contributed by atoms with Gasteiger partial charge in [0.1, 0.15) is 5.82 Å². The fraction of sp³-hybridized carbons (Fsp3) is 0.238. The number of carbonyl (C=O) groups is 1. The van der Waals surface area contributed by atoms with Gasteiger partial charge in [0.2, 0.25) is 0 Å². The molecule has 0 fully saturated rings. The summed E-state index contributed by atoms with van der Waals surface area (Å²) in [6, 6.07) is 16.4. The minimum atomic E-state index is -1.74. The summed E-state index contributed by atoms with van der Waals surface area (Å²) in [7, 11) is 0. The third-order valence-corrected chi connectivity index (χ3v) is 4.55. The van der Waals surface area contributed by atoms with Gasteiger partial charge in [-0.2, -0.15) is 0 Å². The number of rotatable bonds is 6. The topological polar surface area (TPSA) is 67.2 Å². The molecule has 0 aliphatic carbocycles. The molecule has 2 N–H and O–H groups in total. The summed E-state index contributed by atoms with van der Waals surface area (Å²) in [6.07, 6.45) is 3.59. The molecule has 134 valence electrons. The normalized spacial score (nSPS) is 13.2. The van der Waals surface area contributed by atoms with Crippen LogP contribution in [-0.2, 0) is 16.9 Å². The number of aryl methyl sites for hydroxylation is 2. The van der Waals surface area contributed by atoms with E-state index in [-0.39, 0.29) is 0 Å². The van der Waals surface area contributed by atoms with Gasteiger partial charge in [0.25, 0.3) is 5.91 Å². The van der Waals surface area contributed by atoms with Gasteiger partial charge in [0, 0.05) is 25.5 Å². The maximum Gasteiger partial charge on any atom is 0.261 e. The summed E-state index contributed by atoms with van der Waals surface area (Å²) in [5.41, 5.74) is 0.421. The van der Waals surface area contributed by atoms with E-state index in [1.807, 2.05) is 54.9 Å². The summed E-state index contributed by atoms with van der Waals surface area (Å²) in [6.45, 7) is 4.88. The molecule has 1 aromatic heterocycles. The van der Waals surface area contributed by atoms with Crippen molar-refractivity contribution in [2.75, 3.05) is 6.54 Å². The molecule has 3 aromatic rings. The van der Waals surface area contributed by atoms with Crippen LogP contribution in [0, 0.1) is 13.8 Å². The molecule has 5 nitrogen and oxygen atoms in total. The Labute approximate surface area is 153 Å². The van der Waals surface area contributed by atoms with E-state index in [1.165, 1.54) is 0 Å².